The van der Waals surface area contributed by atoms with E-state index < -0.39 is 17.6 Å². The first-order valence-electron chi connectivity index (χ1n) is 8.58. The minimum atomic E-state index is -4.48. The molecular weight excluding hydrogens is 369 g/mol. The van der Waals surface area contributed by atoms with Gasteiger partial charge in [-0.3, -0.25) is 4.79 Å². The molecule has 4 rings (SSSR count). The van der Waals surface area contributed by atoms with Crippen LogP contribution in [-0.2, 0) is 12.6 Å². The third kappa shape index (κ3) is 3.53. The van der Waals surface area contributed by atoms with Gasteiger partial charge in [-0.25, -0.2) is 9.97 Å². The first-order chi connectivity index (χ1) is 13.4. The number of nitrogens with one attached hydrogen (secondary N) is 1. The molecule has 2 aromatic carbocycles. The lowest BCUT2D eigenvalue weighted by molar-refractivity contribution is -0.137. The maximum Gasteiger partial charge on any atom is 0.416 e. The van der Waals surface area contributed by atoms with Gasteiger partial charge in [0.1, 0.15) is 5.69 Å². The molecule has 3 aromatic rings. The standard InChI is InChI=1S/C20H15F3N4O/c21-20(22,23)14-5-3-6-15(10-14)26-19(28)16-11-25-18(12-24-16)27-9-8-13-4-1-2-7-17(13)27/h1-7,10-12H,8-9H2,(H,26,28). The Morgan fingerprint density at radius 2 is 1.86 bits per heavy atom. The summed E-state index contributed by atoms with van der Waals surface area (Å²) in [5.41, 5.74) is 1.50. The number of rotatable bonds is 3. The number of para-hydroxylation sites is 1. The smallest absolute Gasteiger partial charge is 0.325 e. The first kappa shape index (κ1) is 18.0. The minimum absolute atomic E-state index is 0.0219. The average Bonchev–Trinajstić information content (AvgIpc) is 3.12. The monoisotopic (exact) mass is 384 g/mol. The molecule has 0 fully saturated rings. The second-order valence-electron chi connectivity index (χ2n) is 6.32. The predicted molar refractivity (Wildman–Crippen MR) is 98.6 cm³/mol. The van der Waals surface area contributed by atoms with Crippen LogP contribution in [0.5, 0.6) is 0 Å². The fraction of sp³-hybridized carbons (Fsp3) is 0.150. The SMILES string of the molecule is O=C(Nc1cccc(C(F)(F)F)c1)c1cnc(N2CCc3ccccc32)cn1. The predicted octanol–water partition coefficient (Wildman–Crippen LogP) is 4.44. The fourth-order valence-electron chi connectivity index (χ4n) is 3.12. The Morgan fingerprint density at radius 1 is 1.04 bits per heavy atom. The van der Waals surface area contributed by atoms with Gasteiger partial charge in [-0.05, 0) is 36.2 Å². The van der Waals surface area contributed by atoms with Crippen LogP contribution in [0, 0.1) is 0 Å². The van der Waals surface area contributed by atoms with E-state index in [1.807, 2.05) is 23.1 Å². The number of fused-ring (bicyclic) bond motifs is 1. The molecule has 5 nitrogen and oxygen atoms in total. The minimum Gasteiger partial charge on any atom is -0.325 e. The largest absolute Gasteiger partial charge is 0.416 e. The molecule has 0 aliphatic carbocycles. The lowest BCUT2D eigenvalue weighted by Crippen LogP contribution is -2.18. The summed E-state index contributed by atoms with van der Waals surface area (Å²) in [6.45, 7) is 0.768. The maximum atomic E-state index is 12.8. The summed E-state index contributed by atoms with van der Waals surface area (Å²) >= 11 is 0. The maximum absolute atomic E-state index is 12.8. The van der Waals surface area contributed by atoms with Crippen molar-refractivity contribution in [3.05, 3.63) is 77.7 Å². The van der Waals surface area contributed by atoms with E-state index in [0.29, 0.717) is 5.82 Å². The van der Waals surface area contributed by atoms with Crippen LogP contribution in [0.15, 0.2) is 60.9 Å². The van der Waals surface area contributed by atoms with Gasteiger partial charge < -0.3 is 10.2 Å². The zero-order valence-electron chi connectivity index (χ0n) is 14.6. The third-order valence-electron chi connectivity index (χ3n) is 4.48. The number of halogens is 3. The summed E-state index contributed by atoms with van der Waals surface area (Å²) in [7, 11) is 0. The Bertz CT molecular complexity index is 1020. The van der Waals surface area contributed by atoms with Gasteiger partial charge in [0.2, 0.25) is 0 Å². The lowest BCUT2D eigenvalue weighted by Gasteiger charge is -2.17. The van der Waals surface area contributed by atoms with Crippen LogP contribution in [-0.4, -0.2) is 22.4 Å². The number of carbonyl (C=O) groups excluding carboxylic acids is 1. The Hall–Kier alpha value is -3.42. The summed E-state index contributed by atoms with van der Waals surface area (Å²) < 4.78 is 38.4. The second kappa shape index (κ2) is 6.95. The van der Waals surface area contributed by atoms with Crippen LogP contribution in [0.25, 0.3) is 0 Å². The van der Waals surface area contributed by atoms with Crippen LogP contribution in [0.4, 0.5) is 30.4 Å². The molecule has 0 saturated heterocycles. The second-order valence-corrected chi connectivity index (χ2v) is 6.32. The van der Waals surface area contributed by atoms with Crippen molar-refractivity contribution in [3.8, 4) is 0 Å². The fourth-order valence-corrected chi connectivity index (χ4v) is 3.12. The van der Waals surface area contributed by atoms with Crippen molar-refractivity contribution >= 4 is 23.1 Å². The molecule has 1 aliphatic rings. The summed E-state index contributed by atoms with van der Waals surface area (Å²) in [4.78, 5) is 22.7. The molecule has 0 spiro atoms. The van der Waals surface area contributed by atoms with E-state index in [4.69, 9.17) is 0 Å². The highest BCUT2D eigenvalue weighted by Crippen LogP contribution is 2.33. The molecule has 0 radical (unpaired) electrons. The van der Waals surface area contributed by atoms with Crippen molar-refractivity contribution in [3.63, 3.8) is 0 Å². The van der Waals surface area contributed by atoms with Crippen molar-refractivity contribution < 1.29 is 18.0 Å². The summed E-state index contributed by atoms with van der Waals surface area (Å²) in [5.74, 6) is -0.0132. The number of nitrogens with zero attached hydrogens (tertiary/aromatic N) is 3. The number of amides is 1. The van der Waals surface area contributed by atoms with E-state index in [1.54, 1.807) is 0 Å². The van der Waals surface area contributed by atoms with Crippen molar-refractivity contribution in [1.82, 2.24) is 9.97 Å². The Balaban J connectivity index is 1.50. The summed E-state index contributed by atoms with van der Waals surface area (Å²) in [5, 5.41) is 2.42. The molecule has 1 aliphatic heterocycles. The van der Waals surface area contributed by atoms with E-state index in [1.165, 1.54) is 30.1 Å². The van der Waals surface area contributed by atoms with Crippen molar-refractivity contribution in [2.24, 2.45) is 0 Å². The van der Waals surface area contributed by atoms with Gasteiger partial charge in [-0.2, -0.15) is 13.2 Å². The highest BCUT2D eigenvalue weighted by molar-refractivity contribution is 6.02. The molecule has 0 bridgehead atoms. The molecule has 2 heterocycles. The van der Waals surface area contributed by atoms with Crippen molar-refractivity contribution in [2.75, 3.05) is 16.8 Å². The van der Waals surface area contributed by atoms with Gasteiger partial charge in [0.15, 0.2) is 5.82 Å². The van der Waals surface area contributed by atoms with Crippen LogP contribution < -0.4 is 10.2 Å². The van der Waals surface area contributed by atoms with Gasteiger partial charge in [0.25, 0.3) is 5.91 Å². The van der Waals surface area contributed by atoms with Crippen LogP contribution in [0.1, 0.15) is 21.6 Å². The summed E-state index contributed by atoms with van der Waals surface area (Å²) in [6, 6.07) is 12.4. The van der Waals surface area contributed by atoms with E-state index in [0.717, 1.165) is 30.8 Å². The molecular formula is C20H15F3N4O. The molecule has 1 aromatic heterocycles. The van der Waals surface area contributed by atoms with E-state index in [2.05, 4.69) is 21.4 Å². The highest BCUT2D eigenvalue weighted by Gasteiger charge is 2.30. The third-order valence-corrected chi connectivity index (χ3v) is 4.48. The number of hydrogen-bond acceptors (Lipinski definition) is 4. The lowest BCUT2D eigenvalue weighted by atomic mass is 10.2. The van der Waals surface area contributed by atoms with E-state index in [9.17, 15) is 18.0 Å². The first-order valence-corrected chi connectivity index (χ1v) is 8.58. The molecule has 0 atom stereocenters. The van der Waals surface area contributed by atoms with Gasteiger partial charge >= 0.3 is 6.18 Å². The zero-order chi connectivity index (χ0) is 19.7. The molecule has 8 heteroatoms. The van der Waals surface area contributed by atoms with Gasteiger partial charge in [-0.1, -0.05) is 24.3 Å². The molecule has 1 N–H and O–H groups in total. The molecule has 142 valence electrons. The quantitative estimate of drug-likeness (QED) is 0.725. The Morgan fingerprint density at radius 3 is 2.61 bits per heavy atom. The van der Waals surface area contributed by atoms with Crippen molar-refractivity contribution in [2.45, 2.75) is 12.6 Å². The average molecular weight is 384 g/mol. The number of benzene rings is 2. The number of hydrogen-bond donors (Lipinski definition) is 1. The van der Waals surface area contributed by atoms with Crippen LogP contribution >= 0.6 is 0 Å². The van der Waals surface area contributed by atoms with Crippen LogP contribution in [0.2, 0.25) is 0 Å². The normalized spacial score (nSPS) is 13.3. The number of anilines is 3. The number of alkyl halides is 3. The molecule has 1 amide bonds. The van der Waals surface area contributed by atoms with E-state index >= 15 is 0 Å². The number of aromatic nitrogens is 2. The van der Waals surface area contributed by atoms with Crippen LogP contribution in [0.3, 0.4) is 0 Å². The highest BCUT2D eigenvalue weighted by atomic mass is 19.4. The topological polar surface area (TPSA) is 58.1 Å². The van der Waals surface area contributed by atoms with Gasteiger partial charge in [0, 0.05) is 17.9 Å². The van der Waals surface area contributed by atoms with Crippen molar-refractivity contribution in [1.29, 1.82) is 0 Å². The van der Waals surface area contributed by atoms with E-state index in [-0.39, 0.29) is 11.4 Å². The molecule has 0 unspecified atom stereocenters. The Kier molecular flexibility index (Phi) is 4.46. The number of carbonyl (C=O) groups is 1. The summed E-state index contributed by atoms with van der Waals surface area (Å²) in [6.07, 6.45) is -0.772. The molecule has 28 heavy (non-hydrogen) atoms. The zero-order valence-corrected chi connectivity index (χ0v) is 14.6. The molecule has 0 saturated carbocycles. The Labute approximate surface area is 158 Å². The van der Waals surface area contributed by atoms with Gasteiger partial charge in [0.05, 0.1) is 18.0 Å². The van der Waals surface area contributed by atoms with Gasteiger partial charge in [-0.15, -0.1) is 0 Å².